The van der Waals surface area contributed by atoms with Gasteiger partial charge in [-0.15, -0.1) is 0 Å². The number of hydrogen-bond acceptors (Lipinski definition) is 4. The first kappa shape index (κ1) is 14.4. The Morgan fingerprint density at radius 3 is 2.61 bits per heavy atom. The van der Waals surface area contributed by atoms with Crippen LogP contribution in [-0.2, 0) is 0 Å². The van der Waals surface area contributed by atoms with E-state index in [1.165, 1.54) is 6.20 Å². The summed E-state index contributed by atoms with van der Waals surface area (Å²) in [6, 6.07) is 0. The molecule has 0 saturated heterocycles. The second-order valence-corrected chi connectivity index (χ2v) is 5.37. The first-order valence-electron chi connectivity index (χ1n) is 6.15. The fourth-order valence-corrected chi connectivity index (χ4v) is 1.20. The molecule has 1 aromatic heterocycles. The van der Waals surface area contributed by atoms with Crippen molar-refractivity contribution in [1.29, 1.82) is 0 Å². The zero-order valence-electron chi connectivity index (χ0n) is 11.7. The van der Waals surface area contributed by atoms with E-state index >= 15 is 0 Å². The zero-order valence-corrected chi connectivity index (χ0v) is 11.7. The largest absolute Gasteiger partial charge is 0.372 e. The number of aromatic nitrogens is 2. The number of rotatable bonds is 5. The molecule has 0 fully saturated rings. The van der Waals surface area contributed by atoms with E-state index in [1.807, 2.05) is 0 Å². The lowest BCUT2D eigenvalue weighted by Crippen LogP contribution is -2.37. The van der Waals surface area contributed by atoms with Crippen LogP contribution in [0.15, 0.2) is 12.4 Å². The van der Waals surface area contributed by atoms with Crippen LogP contribution in [-0.4, -0.2) is 29.5 Å². The number of nitrogens with zero attached hydrogens (tertiary/aromatic N) is 2. The summed E-state index contributed by atoms with van der Waals surface area (Å²) in [7, 11) is 1.74. The van der Waals surface area contributed by atoms with Gasteiger partial charge >= 0.3 is 0 Å². The van der Waals surface area contributed by atoms with Crippen molar-refractivity contribution in [3.63, 3.8) is 0 Å². The molecule has 18 heavy (non-hydrogen) atoms. The second-order valence-electron chi connectivity index (χ2n) is 5.37. The topological polar surface area (TPSA) is 66.9 Å². The van der Waals surface area contributed by atoms with Crippen LogP contribution in [0.5, 0.6) is 0 Å². The lowest BCUT2D eigenvalue weighted by Gasteiger charge is -2.29. The number of hydrogen-bond donors (Lipinski definition) is 2. The van der Waals surface area contributed by atoms with Gasteiger partial charge in [0.2, 0.25) is 0 Å². The third-order valence-corrected chi connectivity index (χ3v) is 3.39. The van der Waals surface area contributed by atoms with Crippen molar-refractivity contribution in [1.82, 2.24) is 15.3 Å². The van der Waals surface area contributed by atoms with E-state index in [1.54, 1.807) is 13.2 Å². The van der Waals surface area contributed by atoms with Gasteiger partial charge in [-0.3, -0.25) is 9.78 Å². The molecule has 0 radical (unpaired) electrons. The molecule has 0 aromatic carbocycles. The molecule has 0 bridgehead atoms. The normalized spacial score (nSPS) is 11.4. The lowest BCUT2D eigenvalue weighted by atomic mass is 9.81. The molecule has 0 aliphatic rings. The van der Waals surface area contributed by atoms with Crippen LogP contribution in [0.3, 0.4) is 0 Å². The van der Waals surface area contributed by atoms with E-state index in [0.29, 0.717) is 24.0 Å². The molecular weight excluding hydrogens is 228 g/mol. The maximum Gasteiger partial charge on any atom is 0.271 e. The summed E-state index contributed by atoms with van der Waals surface area (Å²) in [5.41, 5.74) is 0.394. The Hall–Kier alpha value is -1.65. The van der Waals surface area contributed by atoms with Gasteiger partial charge in [0, 0.05) is 13.6 Å². The summed E-state index contributed by atoms with van der Waals surface area (Å²) in [5, 5.41) is 5.76. The molecule has 5 heteroatoms. The van der Waals surface area contributed by atoms with Crippen molar-refractivity contribution in [2.45, 2.75) is 27.7 Å². The third-order valence-electron chi connectivity index (χ3n) is 3.39. The van der Waals surface area contributed by atoms with Crippen LogP contribution < -0.4 is 10.6 Å². The standard InChI is InChI=1S/C13H22N4O/c1-9(2)13(3,4)8-16-12(18)10-6-15-7-11(14-5)17-10/h6-7,9H,8H2,1-5H3,(H,14,17)(H,16,18). The predicted octanol–water partition coefficient (Wildman–Crippen LogP) is 1.93. The van der Waals surface area contributed by atoms with E-state index in [2.05, 4.69) is 48.3 Å². The van der Waals surface area contributed by atoms with Crippen molar-refractivity contribution >= 4 is 11.7 Å². The minimum absolute atomic E-state index is 0.0592. The van der Waals surface area contributed by atoms with E-state index in [9.17, 15) is 4.79 Å². The molecule has 0 aliphatic carbocycles. The predicted molar refractivity (Wildman–Crippen MR) is 72.5 cm³/mol. The van der Waals surface area contributed by atoms with Crippen LogP contribution >= 0.6 is 0 Å². The molecule has 1 amide bonds. The fraction of sp³-hybridized carbons (Fsp3) is 0.615. The van der Waals surface area contributed by atoms with Crippen molar-refractivity contribution < 1.29 is 4.79 Å². The van der Waals surface area contributed by atoms with Crippen molar-refractivity contribution in [2.75, 3.05) is 18.9 Å². The van der Waals surface area contributed by atoms with Gasteiger partial charge in [0.15, 0.2) is 0 Å². The van der Waals surface area contributed by atoms with Crippen LogP contribution in [0.1, 0.15) is 38.2 Å². The van der Waals surface area contributed by atoms with E-state index < -0.39 is 0 Å². The van der Waals surface area contributed by atoms with Gasteiger partial charge in [0.1, 0.15) is 11.5 Å². The molecule has 0 aliphatic heterocycles. The smallest absolute Gasteiger partial charge is 0.271 e. The summed E-state index contributed by atoms with van der Waals surface area (Å²) in [4.78, 5) is 20.1. The number of carbonyl (C=O) groups excluding carboxylic acids is 1. The molecule has 100 valence electrons. The summed E-state index contributed by atoms with van der Waals surface area (Å²) in [5.74, 6) is 0.895. The van der Waals surface area contributed by atoms with Gasteiger partial charge in [0.05, 0.1) is 12.4 Å². The third kappa shape index (κ3) is 3.68. The number of anilines is 1. The molecule has 0 unspecified atom stereocenters. The van der Waals surface area contributed by atoms with Crippen LogP contribution in [0.2, 0.25) is 0 Å². The Morgan fingerprint density at radius 1 is 1.39 bits per heavy atom. The zero-order chi connectivity index (χ0) is 13.8. The van der Waals surface area contributed by atoms with Crippen LogP contribution in [0.4, 0.5) is 5.82 Å². The highest BCUT2D eigenvalue weighted by molar-refractivity contribution is 5.92. The Balaban J connectivity index is 2.66. The van der Waals surface area contributed by atoms with E-state index in [4.69, 9.17) is 0 Å². The van der Waals surface area contributed by atoms with Gasteiger partial charge in [-0.2, -0.15) is 0 Å². The number of carbonyl (C=O) groups is 1. The fourth-order valence-electron chi connectivity index (χ4n) is 1.20. The summed E-state index contributed by atoms with van der Waals surface area (Å²) < 4.78 is 0. The molecule has 1 rings (SSSR count). The van der Waals surface area contributed by atoms with Crippen molar-refractivity contribution in [3.8, 4) is 0 Å². The molecule has 2 N–H and O–H groups in total. The average Bonchev–Trinajstić information content (AvgIpc) is 2.36. The highest BCUT2D eigenvalue weighted by atomic mass is 16.1. The molecule has 0 spiro atoms. The summed E-state index contributed by atoms with van der Waals surface area (Å²) >= 11 is 0. The Kier molecular flexibility index (Phi) is 4.64. The molecule has 0 saturated carbocycles. The van der Waals surface area contributed by atoms with Gasteiger partial charge in [-0.05, 0) is 11.3 Å². The second kappa shape index (κ2) is 5.80. The maximum absolute atomic E-state index is 11.9. The summed E-state index contributed by atoms with van der Waals surface area (Å²) in [6.45, 7) is 9.18. The van der Waals surface area contributed by atoms with Crippen molar-refractivity contribution in [2.24, 2.45) is 11.3 Å². The quantitative estimate of drug-likeness (QED) is 0.838. The van der Waals surface area contributed by atoms with Crippen LogP contribution in [0, 0.1) is 11.3 Å². The van der Waals surface area contributed by atoms with Crippen LogP contribution in [0.25, 0.3) is 0 Å². The van der Waals surface area contributed by atoms with E-state index in [-0.39, 0.29) is 11.3 Å². The minimum Gasteiger partial charge on any atom is -0.372 e. The highest BCUT2D eigenvalue weighted by Gasteiger charge is 2.23. The maximum atomic E-state index is 11.9. The first-order chi connectivity index (χ1) is 8.36. The van der Waals surface area contributed by atoms with Gasteiger partial charge in [0.25, 0.3) is 5.91 Å². The average molecular weight is 250 g/mol. The van der Waals surface area contributed by atoms with Gasteiger partial charge in [-0.1, -0.05) is 27.7 Å². The Labute approximate surface area is 108 Å². The molecular formula is C13H22N4O. The molecule has 5 nitrogen and oxygen atoms in total. The number of amides is 1. The molecule has 0 atom stereocenters. The monoisotopic (exact) mass is 250 g/mol. The van der Waals surface area contributed by atoms with Gasteiger partial charge in [-0.25, -0.2) is 4.98 Å². The SMILES string of the molecule is CNc1cncc(C(=O)NCC(C)(C)C(C)C)n1. The number of nitrogens with one attached hydrogen (secondary N) is 2. The first-order valence-corrected chi connectivity index (χ1v) is 6.15. The lowest BCUT2D eigenvalue weighted by molar-refractivity contribution is 0.0919. The van der Waals surface area contributed by atoms with Gasteiger partial charge < -0.3 is 10.6 Å². The highest BCUT2D eigenvalue weighted by Crippen LogP contribution is 2.24. The van der Waals surface area contributed by atoms with E-state index in [0.717, 1.165) is 0 Å². The summed E-state index contributed by atoms with van der Waals surface area (Å²) in [6.07, 6.45) is 3.05. The Morgan fingerprint density at radius 2 is 2.06 bits per heavy atom. The minimum atomic E-state index is -0.187. The van der Waals surface area contributed by atoms with Crippen molar-refractivity contribution in [3.05, 3.63) is 18.1 Å². The molecule has 1 heterocycles. The Bertz CT molecular complexity index is 415. The molecule has 1 aromatic rings.